The first-order valence-electron chi connectivity index (χ1n) is 6.39. The first kappa shape index (κ1) is 13.1. The molecule has 1 N–H and O–H groups in total. The third-order valence-electron chi connectivity index (χ3n) is 3.67. The number of ether oxygens (including phenoxy) is 1. The Labute approximate surface area is 108 Å². The van der Waals surface area contributed by atoms with E-state index in [9.17, 15) is 4.79 Å². The summed E-state index contributed by atoms with van der Waals surface area (Å²) in [6.45, 7) is 5.31. The van der Waals surface area contributed by atoms with Crippen molar-refractivity contribution in [2.45, 2.75) is 32.7 Å². The largest absolute Gasteiger partial charge is 0.381 e. The number of carbonyl (C=O) groups is 1. The van der Waals surface area contributed by atoms with E-state index in [1.165, 1.54) is 0 Å². The molecule has 2 rings (SSSR count). The van der Waals surface area contributed by atoms with Crippen LogP contribution in [-0.2, 0) is 16.6 Å². The molecule has 0 spiro atoms. The van der Waals surface area contributed by atoms with E-state index in [1.54, 1.807) is 4.68 Å². The monoisotopic (exact) mass is 251 g/mol. The van der Waals surface area contributed by atoms with E-state index in [4.69, 9.17) is 4.74 Å². The molecule has 1 aromatic heterocycles. The number of nitrogens with one attached hydrogen (secondary N) is 1. The number of rotatable bonds is 3. The van der Waals surface area contributed by atoms with E-state index < -0.39 is 0 Å². The SMILES string of the molecule is CC(NC(=O)C1(C)CCOCC1)c1ccn(C)n1. The molecule has 5 nitrogen and oxygen atoms in total. The molecule has 1 aliphatic rings. The van der Waals surface area contributed by atoms with Crippen molar-refractivity contribution in [3.8, 4) is 0 Å². The zero-order valence-electron chi connectivity index (χ0n) is 11.3. The van der Waals surface area contributed by atoms with E-state index in [1.807, 2.05) is 33.2 Å². The second-order valence-corrected chi connectivity index (χ2v) is 5.28. The van der Waals surface area contributed by atoms with E-state index >= 15 is 0 Å². The van der Waals surface area contributed by atoms with Gasteiger partial charge in [-0.15, -0.1) is 0 Å². The Morgan fingerprint density at radius 1 is 1.56 bits per heavy atom. The number of amides is 1. The highest BCUT2D eigenvalue weighted by Gasteiger charge is 2.35. The van der Waals surface area contributed by atoms with Crippen molar-refractivity contribution in [2.75, 3.05) is 13.2 Å². The molecule has 1 unspecified atom stereocenters. The van der Waals surface area contributed by atoms with Crippen LogP contribution in [0.15, 0.2) is 12.3 Å². The first-order valence-corrected chi connectivity index (χ1v) is 6.39. The van der Waals surface area contributed by atoms with Gasteiger partial charge in [0, 0.05) is 26.5 Å². The van der Waals surface area contributed by atoms with Gasteiger partial charge in [-0.05, 0) is 25.8 Å². The Bertz CT molecular complexity index is 422. The van der Waals surface area contributed by atoms with Crippen LogP contribution in [0.1, 0.15) is 38.4 Å². The topological polar surface area (TPSA) is 56.1 Å². The predicted octanol–water partition coefficient (Wildman–Crippen LogP) is 1.41. The van der Waals surface area contributed by atoms with Gasteiger partial charge < -0.3 is 10.1 Å². The van der Waals surface area contributed by atoms with Gasteiger partial charge in [0.2, 0.25) is 5.91 Å². The van der Waals surface area contributed by atoms with Crippen molar-refractivity contribution in [3.05, 3.63) is 18.0 Å². The minimum absolute atomic E-state index is 0.0571. The lowest BCUT2D eigenvalue weighted by atomic mass is 9.81. The molecule has 0 aromatic carbocycles. The molecule has 1 atom stereocenters. The zero-order chi connectivity index (χ0) is 13.2. The van der Waals surface area contributed by atoms with E-state index in [0.29, 0.717) is 13.2 Å². The van der Waals surface area contributed by atoms with Crippen LogP contribution in [0.3, 0.4) is 0 Å². The standard InChI is InChI=1S/C13H21N3O2/c1-10(11-4-7-16(3)15-11)14-12(17)13(2)5-8-18-9-6-13/h4,7,10H,5-6,8-9H2,1-3H3,(H,14,17). The van der Waals surface area contributed by atoms with Crippen molar-refractivity contribution in [2.24, 2.45) is 12.5 Å². The third kappa shape index (κ3) is 2.72. The number of carbonyl (C=O) groups excluding carboxylic acids is 1. The Kier molecular flexibility index (Phi) is 3.71. The summed E-state index contributed by atoms with van der Waals surface area (Å²) in [4.78, 5) is 12.3. The maximum absolute atomic E-state index is 12.3. The third-order valence-corrected chi connectivity index (χ3v) is 3.67. The van der Waals surface area contributed by atoms with Crippen LogP contribution in [0.25, 0.3) is 0 Å². The Morgan fingerprint density at radius 3 is 2.78 bits per heavy atom. The molecule has 1 amide bonds. The molecule has 18 heavy (non-hydrogen) atoms. The average molecular weight is 251 g/mol. The second kappa shape index (κ2) is 5.10. The van der Waals surface area contributed by atoms with Crippen LogP contribution in [0, 0.1) is 5.41 Å². The second-order valence-electron chi connectivity index (χ2n) is 5.28. The van der Waals surface area contributed by atoms with E-state index in [2.05, 4.69) is 10.4 Å². The maximum atomic E-state index is 12.3. The highest BCUT2D eigenvalue weighted by molar-refractivity contribution is 5.82. The number of hydrogen-bond donors (Lipinski definition) is 1. The zero-order valence-corrected chi connectivity index (χ0v) is 11.3. The number of aromatic nitrogens is 2. The summed E-state index contributed by atoms with van der Waals surface area (Å²) in [7, 11) is 1.87. The fourth-order valence-corrected chi connectivity index (χ4v) is 2.16. The van der Waals surface area contributed by atoms with Crippen molar-refractivity contribution < 1.29 is 9.53 Å². The van der Waals surface area contributed by atoms with Gasteiger partial charge in [0.05, 0.1) is 17.2 Å². The molecular formula is C13H21N3O2. The summed E-state index contributed by atoms with van der Waals surface area (Å²) in [5.41, 5.74) is 0.586. The van der Waals surface area contributed by atoms with E-state index in [0.717, 1.165) is 18.5 Å². The number of hydrogen-bond acceptors (Lipinski definition) is 3. The smallest absolute Gasteiger partial charge is 0.226 e. The van der Waals surface area contributed by atoms with Gasteiger partial charge in [0.25, 0.3) is 0 Å². The van der Waals surface area contributed by atoms with Crippen LogP contribution >= 0.6 is 0 Å². The van der Waals surface area contributed by atoms with Crippen molar-refractivity contribution in [1.29, 1.82) is 0 Å². The number of nitrogens with zero attached hydrogens (tertiary/aromatic N) is 2. The fourth-order valence-electron chi connectivity index (χ4n) is 2.16. The normalized spacial score (nSPS) is 20.4. The summed E-state index contributed by atoms with van der Waals surface area (Å²) in [6, 6.07) is 1.87. The van der Waals surface area contributed by atoms with Crippen molar-refractivity contribution in [3.63, 3.8) is 0 Å². The quantitative estimate of drug-likeness (QED) is 0.883. The molecule has 5 heteroatoms. The summed E-state index contributed by atoms with van der Waals surface area (Å²) < 4.78 is 7.06. The van der Waals surface area contributed by atoms with Crippen LogP contribution in [0.4, 0.5) is 0 Å². The molecule has 1 aromatic rings. The molecule has 0 bridgehead atoms. The number of aryl methyl sites for hydroxylation is 1. The van der Waals surface area contributed by atoms with Crippen LogP contribution in [0.5, 0.6) is 0 Å². The van der Waals surface area contributed by atoms with Crippen molar-refractivity contribution in [1.82, 2.24) is 15.1 Å². The first-order chi connectivity index (χ1) is 8.51. The fraction of sp³-hybridized carbons (Fsp3) is 0.692. The Morgan fingerprint density at radius 2 is 2.22 bits per heavy atom. The summed E-state index contributed by atoms with van der Waals surface area (Å²) >= 11 is 0. The Balaban J connectivity index is 1.98. The highest BCUT2D eigenvalue weighted by Crippen LogP contribution is 2.30. The van der Waals surface area contributed by atoms with Gasteiger partial charge in [0.15, 0.2) is 0 Å². The molecule has 1 saturated heterocycles. The van der Waals surface area contributed by atoms with Gasteiger partial charge in [-0.3, -0.25) is 9.48 Å². The lowest BCUT2D eigenvalue weighted by molar-refractivity contribution is -0.136. The molecule has 0 saturated carbocycles. The lowest BCUT2D eigenvalue weighted by Gasteiger charge is -2.32. The van der Waals surface area contributed by atoms with E-state index in [-0.39, 0.29) is 17.4 Å². The summed E-state index contributed by atoms with van der Waals surface area (Å²) in [5, 5.41) is 7.36. The van der Waals surface area contributed by atoms with Crippen LogP contribution in [0.2, 0.25) is 0 Å². The van der Waals surface area contributed by atoms with Crippen LogP contribution in [-0.4, -0.2) is 28.9 Å². The van der Waals surface area contributed by atoms with Gasteiger partial charge in [0.1, 0.15) is 0 Å². The molecule has 2 heterocycles. The summed E-state index contributed by atoms with van der Waals surface area (Å²) in [5.74, 6) is 0.101. The van der Waals surface area contributed by atoms with Crippen molar-refractivity contribution >= 4 is 5.91 Å². The Hall–Kier alpha value is -1.36. The molecular weight excluding hydrogens is 230 g/mol. The molecule has 0 radical (unpaired) electrons. The predicted molar refractivity (Wildman–Crippen MR) is 67.9 cm³/mol. The van der Waals surface area contributed by atoms with Gasteiger partial charge in [-0.1, -0.05) is 6.92 Å². The lowest BCUT2D eigenvalue weighted by Crippen LogP contribution is -2.43. The molecule has 100 valence electrons. The molecule has 1 aliphatic heterocycles. The minimum atomic E-state index is -0.304. The van der Waals surface area contributed by atoms with Crippen LogP contribution < -0.4 is 5.32 Å². The summed E-state index contributed by atoms with van der Waals surface area (Å²) in [6.07, 6.45) is 3.45. The molecule has 0 aliphatic carbocycles. The maximum Gasteiger partial charge on any atom is 0.226 e. The molecule has 1 fully saturated rings. The minimum Gasteiger partial charge on any atom is -0.381 e. The van der Waals surface area contributed by atoms with Gasteiger partial charge in [-0.2, -0.15) is 5.10 Å². The van der Waals surface area contributed by atoms with Gasteiger partial charge >= 0.3 is 0 Å². The highest BCUT2D eigenvalue weighted by atomic mass is 16.5. The average Bonchev–Trinajstić information content (AvgIpc) is 2.77. The van der Waals surface area contributed by atoms with Gasteiger partial charge in [-0.25, -0.2) is 0 Å².